The molecule has 8 heteroatoms. The van der Waals surface area contributed by atoms with Gasteiger partial charge >= 0.3 is 0 Å². The Balaban J connectivity index is 1.63. The lowest BCUT2D eigenvalue weighted by Crippen LogP contribution is -2.33. The van der Waals surface area contributed by atoms with Gasteiger partial charge in [-0.25, -0.2) is 0 Å². The highest BCUT2D eigenvalue weighted by atomic mass is 35.5. The van der Waals surface area contributed by atoms with Crippen LogP contribution in [0.25, 0.3) is 11.5 Å². The number of hydrogen-bond donors (Lipinski definition) is 1. The number of benzene rings is 2. The van der Waals surface area contributed by atoms with Crippen LogP contribution in [0.3, 0.4) is 0 Å². The Hall–Kier alpha value is -2.41. The van der Waals surface area contributed by atoms with Crippen LogP contribution in [0.4, 0.5) is 5.69 Å². The van der Waals surface area contributed by atoms with Crippen molar-refractivity contribution in [2.24, 2.45) is 0 Å². The lowest BCUT2D eigenvalue weighted by Gasteiger charge is -2.19. The summed E-state index contributed by atoms with van der Waals surface area (Å²) in [5.41, 5.74) is 1.38. The van der Waals surface area contributed by atoms with Gasteiger partial charge in [-0.1, -0.05) is 42.3 Å². The molecule has 0 saturated carbocycles. The van der Waals surface area contributed by atoms with Gasteiger partial charge in [0, 0.05) is 10.7 Å². The molecule has 2 aromatic carbocycles. The average molecular weight is 419 g/mol. The highest BCUT2D eigenvalue weighted by Gasteiger charge is 2.16. The molecule has 146 valence electrons. The molecule has 1 amide bonds. The summed E-state index contributed by atoms with van der Waals surface area (Å²) >= 11 is 12.0. The fourth-order valence-electron chi connectivity index (χ4n) is 2.72. The third-order valence-electron chi connectivity index (χ3n) is 3.97. The zero-order valence-electron chi connectivity index (χ0n) is 15.4. The maximum absolute atomic E-state index is 12.4. The number of hydrogen-bond acceptors (Lipinski definition) is 5. The van der Waals surface area contributed by atoms with Gasteiger partial charge in [0.15, 0.2) is 0 Å². The molecule has 0 aliphatic rings. The molecule has 28 heavy (non-hydrogen) atoms. The number of carbonyl (C=O) groups excluding carboxylic acids is 1. The standard InChI is InChI=1S/C20H20Cl2N4O2/c1-2-11-26(12-18(27)23-15-9-7-14(21)8-10-15)13-19-24-25-20(28-19)16-5-3-4-6-17(16)22/h3-10H,2,11-13H2,1H3,(H,23,27). The zero-order chi connectivity index (χ0) is 19.9. The summed E-state index contributed by atoms with van der Waals surface area (Å²) in [5.74, 6) is 0.673. The molecule has 1 N–H and O–H groups in total. The molecule has 0 aliphatic heterocycles. The summed E-state index contributed by atoms with van der Waals surface area (Å²) in [6.07, 6.45) is 0.889. The Kier molecular flexibility index (Phi) is 7.03. The van der Waals surface area contributed by atoms with E-state index in [1.807, 2.05) is 30.0 Å². The van der Waals surface area contributed by atoms with Gasteiger partial charge in [-0.15, -0.1) is 10.2 Å². The number of halogens is 2. The minimum Gasteiger partial charge on any atom is -0.419 e. The second-order valence-electron chi connectivity index (χ2n) is 6.25. The number of rotatable bonds is 8. The van der Waals surface area contributed by atoms with Gasteiger partial charge in [-0.2, -0.15) is 0 Å². The van der Waals surface area contributed by atoms with Crippen LogP contribution in [0.15, 0.2) is 52.9 Å². The molecule has 3 aromatic rings. The minimum atomic E-state index is -0.124. The zero-order valence-corrected chi connectivity index (χ0v) is 16.9. The number of carbonyl (C=O) groups is 1. The quantitative estimate of drug-likeness (QED) is 0.563. The third-order valence-corrected chi connectivity index (χ3v) is 4.55. The van der Waals surface area contributed by atoms with Gasteiger partial charge in [-0.3, -0.25) is 9.69 Å². The summed E-state index contributed by atoms with van der Waals surface area (Å²) in [6.45, 7) is 3.35. The fraction of sp³-hybridized carbons (Fsp3) is 0.250. The highest BCUT2D eigenvalue weighted by Crippen LogP contribution is 2.26. The van der Waals surface area contributed by atoms with Gasteiger partial charge in [0.25, 0.3) is 0 Å². The topological polar surface area (TPSA) is 71.3 Å². The first-order valence-electron chi connectivity index (χ1n) is 8.90. The highest BCUT2D eigenvalue weighted by molar-refractivity contribution is 6.33. The molecular formula is C20H20Cl2N4O2. The molecule has 0 fully saturated rings. The van der Waals surface area contributed by atoms with Gasteiger partial charge < -0.3 is 9.73 Å². The summed E-state index contributed by atoms with van der Waals surface area (Å²) in [7, 11) is 0. The van der Waals surface area contributed by atoms with Crippen molar-refractivity contribution >= 4 is 34.8 Å². The largest absolute Gasteiger partial charge is 0.419 e. The Morgan fingerprint density at radius 1 is 1.11 bits per heavy atom. The van der Waals surface area contributed by atoms with Crippen LogP contribution in [0.1, 0.15) is 19.2 Å². The van der Waals surface area contributed by atoms with Gasteiger partial charge in [0.2, 0.25) is 17.7 Å². The number of nitrogens with zero attached hydrogens (tertiary/aromatic N) is 3. The van der Waals surface area contributed by atoms with Crippen LogP contribution in [0.2, 0.25) is 10.0 Å². The number of nitrogens with one attached hydrogen (secondary N) is 1. The van der Waals surface area contributed by atoms with Crippen LogP contribution in [0, 0.1) is 0 Å². The normalized spacial score (nSPS) is 11.0. The van der Waals surface area contributed by atoms with Crippen molar-refractivity contribution < 1.29 is 9.21 Å². The van der Waals surface area contributed by atoms with E-state index in [1.165, 1.54) is 0 Å². The van der Waals surface area contributed by atoms with E-state index in [0.717, 1.165) is 13.0 Å². The van der Waals surface area contributed by atoms with E-state index in [-0.39, 0.29) is 12.5 Å². The predicted molar refractivity (Wildman–Crippen MR) is 110 cm³/mol. The molecule has 0 aliphatic carbocycles. The van der Waals surface area contributed by atoms with Gasteiger partial charge in [-0.05, 0) is 49.4 Å². The fourth-order valence-corrected chi connectivity index (χ4v) is 3.06. The first-order valence-corrected chi connectivity index (χ1v) is 9.66. The van der Waals surface area contributed by atoms with Crippen molar-refractivity contribution in [3.63, 3.8) is 0 Å². The van der Waals surface area contributed by atoms with Crippen LogP contribution >= 0.6 is 23.2 Å². The molecule has 6 nitrogen and oxygen atoms in total. The monoisotopic (exact) mass is 418 g/mol. The Morgan fingerprint density at radius 3 is 2.57 bits per heavy atom. The van der Waals surface area contributed by atoms with Crippen molar-refractivity contribution in [3.8, 4) is 11.5 Å². The lowest BCUT2D eigenvalue weighted by atomic mass is 10.2. The van der Waals surface area contributed by atoms with E-state index in [9.17, 15) is 4.79 Å². The molecule has 3 rings (SSSR count). The number of aromatic nitrogens is 2. The second-order valence-corrected chi connectivity index (χ2v) is 7.09. The molecule has 0 saturated heterocycles. The van der Waals surface area contributed by atoms with E-state index in [4.69, 9.17) is 27.6 Å². The average Bonchev–Trinajstić information content (AvgIpc) is 3.12. The van der Waals surface area contributed by atoms with Crippen molar-refractivity contribution in [2.75, 3.05) is 18.4 Å². The van der Waals surface area contributed by atoms with Crippen LogP contribution in [-0.2, 0) is 11.3 Å². The van der Waals surface area contributed by atoms with E-state index in [0.29, 0.717) is 39.6 Å². The Labute approximate surface area is 173 Å². The minimum absolute atomic E-state index is 0.124. The Morgan fingerprint density at radius 2 is 1.86 bits per heavy atom. The Bertz CT molecular complexity index is 928. The first-order chi connectivity index (χ1) is 13.5. The summed E-state index contributed by atoms with van der Waals surface area (Å²) in [5, 5.41) is 12.2. The van der Waals surface area contributed by atoms with Crippen molar-refractivity contribution in [2.45, 2.75) is 19.9 Å². The smallest absolute Gasteiger partial charge is 0.249 e. The molecule has 0 atom stereocenters. The van der Waals surface area contributed by atoms with E-state index in [1.54, 1.807) is 30.3 Å². The molecule has 0 radical (unpaired) electrons. The number of amides is 1. The molecule has 0 spiro atoms. The first kappa shape index (κ1) is 20.3. The lowest BCUT2D eigenvalue weighted by molar-refractivity contribution is -0.117. The molecule has 0 bridgehead atoms. The molecule has 1 heterocycles. The molecule has 0 unspecified atom stereocenters. The van der Waals surface area contributed by atoms with Gasteiger partial charge in [0.05, 0.1) is 23.7 Å². The van der Waals surface area contributed by atoms with Gasteiger partial charge in [0.1, 0.15) is 0 Å². The summed E-state index contributed by atoms with van der Waals surface area (Å²) < 4.78 is 5.75. The summed E-state index contributed by atoms with van der Waals surface area (Å²) in [6, 6.07) is 14.3. The second kappa shape index (κ2) is 9.68. The van der Waals surface area contributed by atoms with Crippen molar-refractivity contribution in [1.82, 2.24) is 15.1 Å². The van der Waals surface area contributed by atoms with Crippen molar-refractivity contribution in [3.05, 3.63) is 64.5 Å². The van der Waals surface area contributed by atoms with Crippen LogP contribution in [-0.4, -0.2) is 34.1 Å². The SMILES string of the molecule is CCCN(CC(=O)Nc1ccc(Cl)cc1)Cc1nnc(-c2ccccc2Cl)o1. The van der Waals surface area contributed by atoms with E-state index in [2.05, 4.69) is 15.5 Å². The third kappa shape index (κ3) is 5.55. The maximum atomic E-state index is 12.4. The van der Waals surface area contributed by atoms with Crippen LogP contribution in [0.5, 0.6) is 0 Å². The van der Waals surface area contributed by atoms with E-state index < -0.39 is 0 Å². The number of anilines is 1. The van der Waals surface area contributed by atoms with Crippen LogP contribution < -0.4 is 5.32 Å². The maximum Gasteiger partial charge on any atom is 0.249 e. The summed E-state index contributed by atoms with van der Waals surface area (Å²) in [4.78, 5) is 14.3. The van der Waals surface area contributed by atoms with Crippen molar-refractivity contribution in [1.29, 1.82) is 0 Å². The molecular weight excluding hydrogens is 399 g/mol. The molecule has 1 aromatic heterocycles. The van der Waals surface area contributed by atoms with E-state index >= 15 is 0 Å². The predicted octanol–water partition coefficient (Wildman–Crippen LogP) is 4.89.